The molecule has 1 amide bonds. The van der Waals surface area contributed by atoms with Crippen molar-refractivity contribution in [3.05, 3.63) is 65.7 Å². The van der Waals surface area contributed by atoms with Gasteiger partial charge >= 0.3 is 0 Å². The van der Waals surface area contributed by atoms with Gasteiger partial charge in [0, 0.05) is 17.7 Å². The van der Waals surface area contributed by atoms with E-state index in [9.17, 15) is 4.79 Å². The van der Waals surface area contributed by atoms with Crippen LogP contribution in [0.5, 0.6) is 5.75 Å². The number of thiazole rings is 1. The summed E-state index contributed by atoms with van der Waals surface area (Å²) in [4.78, 5) is 20.6. The molecule has 0 spiro atoms. The summed E-state index contributed by atoms with van der Waals surface area (Å²) in [5, 5.41) is 5.16. The largest absolute Gasteiger partial charge is 0.497 e. The maximum absolute atomic E-state index is 12.0. The number of anilines is 1. The molecule has 0 radical (unpaired) electrons. The monoisotopic (exact) mass is 337 g/mol. The standard InChI is InChI=1S/C18H15N3O2S/c1-23-14-6-4-5-13(11-14)8-9-17(22)21-18-20-16(12-24-18)15-7-2-3-10-19-15/h2-12H,1H3,(H,20,21,22)/b9-8+. The molecule has 1 N–H and O–H groups in total. The third-order valence-electron chi connectivity index (χ3n) is 3.18. The van der Waals surface area contributed by atoms with E-state index in [1.54, 1.807) is 19.4 Å². The Morgan fingerprint density at radius 1 is 1.21 bits per heavy atom. The molecule has 3 rings (SSSR count). The van der Waals surface area contributed by atoms with E-state index < -0.39 is 0 Å². The van der Waals surface area contributed by atoms with Crippen LogP contribution >= 0.6 is 11.3 Å². The number of aromatic nitrogens is 2. The van der Waals surface area contributed by atoms with E-state index in [2.05, 4.69) is 15.3 Å². The van der Waals surface area contributed by atoms with Gasteiger partial charge in [-0.05, 0) is 35.9 Å². The molecule has 0 fully saturated rings. The first-order valence-corrected chi connectivity index (χ1v) is 8.12. The molecule has 1 aromatic carbocycles. The fraction of sp³-hybridized carbons (Fsp3) is 0.0556. The predicted octanol–water partition coefficient (Wildman–Crippen LogP) is 3.87. The highest BCUT2D eigenvalue weighted by Gasteiger charge is 2.06. The molecule has 120 valence electrons. The van der Waals surface area contributed by atoms with Crippen molar-refractivity contribution < 1.29 is 9.53 Å². The first kappa shape index (κ1) is 15.9. The first-order valence-electron chi connectivity index (χ1n) is 7.24. The lowest BCUT2D eigenvalue weighted by atomic mass is 10.2. The minimum absolute atomic E-state index is 0.236. The Bertz CT molecular complexity index is 859. The molecule has 0 unspecified atom stereocenters. The number of methoxy groups -OCH3 is 1. The van der Waals surface area contributed by atoms with E-state index in [1.165, 1.54) is 17.4 Å². The summed E-state index contributed by atoms with van der Waals surface area (Å²) in [6, 6.07) is 13.1. The van der Waals surface area contributed by atoms with Crippen LogP contribution in [-0.4, -0.2) is 23.0 Å². The number of hydrogen-bond acceptors (Lipinski definition) is 5. The Hall–Kier alpha value is -2.99. The molecule has 0 saturated carbocycles. The highest BCUT2D eigenvalue weighted by Crippen LogP contribution is 2.23. The maximum atomic E-state index is 12.0. The zero-order valence-corrected chi connectivity index (χ0v) is 13.8. The SMILES string of the molecule is COc1cccc(/C=C/C(=O)Nc2nc(-c3ccccn3)cs2)c1. The van der Waals surface area contributed by atoms with Gasteiger partial charge in [-0.1, -0.05) is 18.2 Å². The number of carbonyl (C=O) groups excluding carboxylic acids is 1. The number of nitrogens with one attached hydrogen (secondary N) is 1. The average Bonchev–Trinajstić information content (AvgIpc) is 3.09. The van der Waals surface area contributed by atoms with Crippen LogP contribution in [0.4, 0.5) is 5.13 Å². The average molecular weight is 337 g/mol. The van der Waals surface area contributed by atoms with Gasteiger partial charge in [-0.15, -0.1) is 11.3 Å². The van der Waals surface area contributed by atoms with Gasteiger partial charge in [-0.2, -0.15) is 0 Å². The molecular weight excluding hydrogens is 322 g/mol. The lowest BCUT2D eigenvalue weighted by Crippen LogP contribution is -2.07. The minimum atomic E-state index is -0.236. The molecule has 0 saturated heterocycles. The topological polar surface area (TPSA) is 64.1 Å². The lowest BCUT2D eigenvalue weighted by Gasteiger charge is -2.00. The first-order chi connectivity index (χ1) is 11.7. The molecular formula is C18H15N3O2S. The summed E-state index contributed by atoms with van der Waals surface area (Å²) in [5.74, 6) is 0.511. The highest BCUT2D eigenvalue weighted by atomic mass is 32.1. The second-order valence-corrected chi connectivity index (χ2v) is 5.71. The van der Waals surface area contributed by atoms with Crippen LogP contribution in [0, 0.1) is 0 Å². The summed E-state index contributed by atoms with van der Waals surface area (Å²) in [7, 11) is 1.61. The number of amides is 1. The van der Waals surface area contributed by atoms with Crippen LogP contribution in [0.25, 0.3) is 17.5 Å². The highest BCUT2D eigenvalue weighted by molar-refractivity contribution is 7.14. The quantitative estimate of drug-likeness (QED) is 0.718. The van der Waals surface area contributed by atoms with Gasteiger partial charge < -0.3 is 4.74 Å². The molecule has 2 aromatic heterocycles. The van der Waals surface area contributed by atoms with Crippen molar-refractivity contribution in [3.8, 4) is 17.1 Å². The van der Waals surface area contributed by atoms with E-state index in [1.807, 2.05) is 47.8 Å². The van der Waals surface area contributed by atoms with Gasteiger partial charge in [-0.3, -0.25) is 15.1 Å². The zero-order valence-electron chi connectivity index (χ0n) is 13.0. The number of rotatable bonds is 5. The molecule has 5 nitrogen and oxygen atoms in total. The second kappa shape index (κ2) is 7.52. The summed E-state index contributed by atoms with van der Waals surface area (Å²) < 4.78 is 5.15. The Kier molecular flexibility index (Phi) is 4.98. The summed E-state index contributed by atoms with van der Waals surface area (Å²) in [5.41, 5.74) is 2.41. The van der Waals surface area contributed by atoms with Crippen LogP contribution in [-0.2, 0) is 4.79 Å². The Morgan fingerprint density at radius 3 is 2.92 bits per heavy atom. The molecule has 0 atom stereocenters. The van der Waals surface area contributed by atoms with E-state index in [0.29, 0.717) is 5.13 Å². The molecule has 0 bridgehead atoms. The fourth-order valence-corrected chi connectivity index (χ4v) is 2.73. The zero-order chi connectivity index (χ0) is 16.8. The molecule has 0 aliphatic carbocycles. The Balaban J connectivity index is 1.65. The number of pyridine rings is 1. The summed E-state index contributed by atoms with van der Waals surface area (Å²) in [6.07, 6.45) is 4.91. The third kappa shape index (κ3) is 4.05. The normalized spacial score (nSPS) is 10.7. The van der Waals surface area contributed by atoms with E-state index >= 15 is 0 Å². The van der Waals surface area contributed by atoms with Crippen molar-refractivity contribution in [1.29, 1.82) is 0 Å². The van der Waals surface area contributed by atoms with Crippen LogP contribution in [0.1, 0.15) is 5.56 Å². The van der Waals surface area contributed by atoms with Gasteiger partial charge in [0.2, 0.25) is 5.91 Å². The van der Waals surface area contributed by atoms with Crippen molar-refractivity contribution in [2.45, 2.75) is 0 Å². The van der Waals surface area contributed by atoms with Gasteiger partial charge in [-0.25, -0.2) is 4.98 Å². The maximum Gasteiger partial charge on any atom is 0.250 e. The summed E-state index contributed by atoms with van der Waals surface area (Å²) >= 11 is 1.36. The van der Waals surface area contributed by atoms with Crippen molar-refractivity contribution in [3.63, 3.8) is 0 Å². The molecule has 3 aromatic rings. The number of hydrogen-bond donors (Lipinski definition) is 1. The van der Waals surface area contributed by atoms with E-state index in [4.69, 9.17) is 4.74 Å². The van der Waals surface area contributed by atoms with Crippen LogP contribution < -0.4 is 10.1 Å². The van der Waals surface area contributed by atoms with Crippen LogP contribution in [0.2, 0.25) is 0 Å². The Labute approximate surface area is 143 Å². The lowest BCUT2D eigenvalue weighted by molar-refractivity contribution is -0.111. The van der Waals surface area contributed by atoms with Gasteiger partial charge in [0.15, 0.2) is 5.13 Å². The number of carbonyl (C=O) groups is 1. The number of benzene rings is 1. The second-order valence-electron chi connectivity index (χ2n) is 4.85. The minimum Gasteiger partial charge on any atom is -0.497 e. The smallest absolute Gasteiger partial charge is 0.250 e. The predicted molar refractivity (Wildman–Crippen MR) is 96.0 cm³/mol. The molecule has 0 aliphatic rings. The molecule has 6 heteroatoms. The van der Waals surface area contributed by atoms with Gasteiger partial charge in [0.1, 0.15) is 11.4 Å². The van der Waals surface area contributed by atoms with Crippen molar-refractivity contribution in [2.75, 3.05) is 12.4 Å². The molecule has 0 aliphatic heterocycles. The Morgan fingerprint density at radius 2 is 2.12 bits per heavy atom. The molecule has 2 heterocycles. The third-order valence-corrected chi connectivity index (χ3v) is 3.94. The van der Waals surface area contributed by atoms with Crippen molar-refractivity contribution >= 4 is 28.5 Å². The van der Waals surface area contributed by atoms with E-state index in [-0.39, 0.29) is 5.91 Å². The fourth-order valence-electron chi connectivity index (χ4n) is 2.03. The van der Waals surface area contributed by atoms with E-state index in [0.717, 1.165) is 22.7 Å². The number of ether oxygens (including phenoxy) is 1. The van der Waals surface area contributed by atoms with Crippen LogP contribution in [0.3, 0.4) is 0 Å². The molecule has 24 heavy (non-hydrogen) atoms. The van der Waals surface area contributed by atoms with Crippen molar-refractivity contribution in [1.82, 2.24) is 9.97 Å². The van der Waals surface area contributed by atoms with Gasteiger partial charge in [0.25, 0.3) is 0 Å². The van der Waals surface area contributed by atoms with Gasteiger partial charge in [0.05, 0.1) is 12.8 Å². The van der Waals surface area contributed by atoms with Crippen LogP contribution in [0.15, 0.2) is 60.1 Å². The number of nitrogens with zero attached hydrogens (tertiary/aromatic N) is 2. The van der Waals surface area contributed by atoms with Crippen molar-refractivity contribution in [2.24, 2.45) is 0 Å². The summed E-state index contributed by atoms with van der Waals surface area (Å²) in [6.45, 7) is 0.